The molecule has 2 aromatic heterocycles. The Morgan fingerprint density at radius 1 is 1.25 bits per heavy atom. The van der Waals surface area contributed by atoms with Crippen LogP contribution in [0.2, 0.25) is 10.0 Å². The van der Waals surface area contributed by atoms with Gasteiger partial charge >= 0.3 is 0 Å². The second-order valence-electron chi connectivity index (χ2n) is 5.33. The molecule has 0 spiro atoms. The van der Waals surface area contributed by atoms with Crippen LogP contribution >= 0.6 is 23.2 Å². The number of halogens is 2. The Morgan fingerprint density at radius 2 is 2.04 bits per heavy atom. The van der Waals surface area contributed by atoms with Crippen LogP contribution in [-0.2, 0) is 6.54 Å². The third-order valence-electron chi connectivity index (χ3n) is 3.55. The first kappa shape index (κ1) is 16.5. The number of rotatable bonds is 3. The summed E-state index contributed by atoms with van der Waals surface area (Å²) in [5.41, 5.74) is 1.66. The zero-order valence-electron chi connectivity index (χ0n) is 12.7. The van der Waals surface area contributed by atoms with Crippen molar-refractivity contribution in [1.29, 1.82) is 0 Å². The molecule has 0 aliphatic rings. The molecule has 0 saturated heterocycles. The third-order valence-corrected chi connectivity index (χ3v) is 4.14. The van der Waals surface area contributed by atoms with E-state index in [1.165, 1.54) is 10.6 Å². The molecule has 0 aliphatic heterocycles. The predicted molar refractivity (Wildman–Crippen MR) is 93.8 cm³/mol. The summed E-state index contributed by atoms with van der Waals surface area (Å²) in [5, 5.41) is 3.64. The van der Waals surface area contributed by atoms with Crippen molar-refractivity contribution in [3.8, 4) is 0 Å². The first-order chi connectivity index (χ1) is 11.5. The number of hydrogen-bond acceptors (Lipinski definition) is 3. The molecule has 0 atom stereocenters. The fourth-order valence-electron chi connectivity index (χ4n) is 2.27. The predicted octanol–water partition coefficient (Wildman–Crippen LogP) is 3.24. The zero-order valence-corrected chi connectivity index (χ0v) is 14.2. The average molecular weight is 362 g/mol. The lowest BCUT2D eigenvalue weighted by Crippen LogP contribution is -2.31. The smallest absolute Gasteiger partial charge is 0.270 e. The van der Waals surface area contributed by atoms with Crippen molar-refractivity contribution in [2.75, 3.05) is 0 Å². The molecule has 5 nitrogen and oxygen atoms in total. The first-order valence-electron chi connectivity index (χ1n) is 7.16. The van der Waals surface area contributed by atoms with Crippen LogP contribution in [0.25, 0.3) is 5.65 Å². The van der Waals surface area contributed by atoms with Crippen molar-refractivity contribution in [1.82, 2.24) is 14.7 Å². The van der Waals surface area contributed by atoms with E-state index in [4.69, 9.17) is 23.2 Å². The molecule has 3 rings (SSSR count). The van der Waals surface area contributed by atoms with Crippen LogP contribution in [0.1, 0.15) is 21.5 Å². The van der Waals surface area contributed by atoms with Crippen LogP contribution in [-0.4, -0.2) is 15.3 Å². The fourth-order valence-corrected chi connectivity index (χ4v) is 2.75. The largest absolute Gasteiger partial charge is 0.348 e. The maximum Gasteiger partial charge on any atom is 0.270 e. The number of fused-ring (bicyclic) bond motifs is 1. The molecule has 2 heterocycles. The maximum absolute atomic E-state index is 12.5. The quantitative estimate of drug-likeness (QED) is 0.778. The highest BCUT2D eigenvalue weighted by atomic mass is 35.5. The highest BCUT2D eigenvalue weighted by Crippen LogP contribution is 2.20. The van der Waals surface area contributed by atoms with Gasteiger partial charge in [0, 0.05) is 29.0 Å². The van der Waals surface area contributed by atoms with Crippen molar-refractivity contribution < 1.29 is 4.79 Å². The number of pyridine rings is 1. The minimum absolute atomic E-state index is 0.0248. The average Bonchev–Trinajstić information content (AvgIpc) is 2.54. The van der Waals surface area contributed by atoms with Crippen LogP contribution in [0, 0.1) is 6.92 Å². The molecule has 0 fully saturated rings. The lowest BCUT2D eigenvalue weighted by Gasteiger charge is -2.08. The van der Waals surface area contributed by atoms with Crippen molar-refractivity contribution in [2.24, 2.45) is 0 Å². The monoisotopic (exact) mass is 361 g/mol. The van der Waals surface area contributed by atoms with E-state index in [2.05, 4.69) is 10.3 Å². The van der Waals surface area contributed by atoms with Gasteiger partial charge in [-0.2, -0.15) is 0 Å². The number of aryl methyl sites for hydroxylation is 1. The molecule has 0 aliphatic carbocycles. The summed E-state index contributed by atoms with van der Waals surface area (Å²) in [6.07, 6.45) is 2.93. The van der Waals surface area contributed by atoms with Crippen LogP contribution in [0.15, 0.2) is 47.5 Å². The van der Waals surface area contributed by atoms with Gasteiger partial charge in [-0.1, -0.05) is 35.3 Å². The molecule has 1 amide bonds. The summed E-state index contributed by atoms with van der Waals surface area (Å²) in [6.45, 7) is 2.05. The highest BCUT2D eigenvalue weighted by molar-refractivity contribution is 6.35. The molecule has 0 bridgehead atoms. The number of hydrogen-bond donors (Lipinski definition) is 1. The van der Waals surface area contributed by atoms with Gasteiger partial charge in [0.15, 0.2) is 0 Å². The summed E-state index contributed by atoms with van der Waals surface area (Å²) in [7, 11) is 0. The van der Waals surface area contributed by atoms with E-state index in [1.54, 1.807) is 30.5 Å². The normalized spacial score (nSPS) is 10.8. The van der Waals surface area contributed by atoms with Crippen LogP contribution in [0.3, 0.4) is 0 Å². The van der Waals surface area contributed by atoms with Crippen molar-refractivity contribution in [3.63, 3.8) is 0 Å². The van der Waals surface area contributed by atoms with Crippen molar-refractivity contribution in [3.05, 3.63) is 79.8 Å². The number of carbonyl (C=O) groups excluding carboxylic acids is 1. The van der Waals surface area contributed by atoms with Gasteiger partial charge in [-0.05, 0) is 36.2 Å². The number of nitrogens with one attached hydrogen (secondary N) is 1. The van der Waals surface area contributed by atoms with Gasteiger partial charge < -0.3 is 5.32 Å². The Labute approximate surface area is 147 Å². The molecular formula is C17H13Cl2N3O2. The SMILES string of the molecule is Cc1ccc2ncc(C(=O)NCc3ccc(Cl)cc3Cl)c(=O)n2c1. The number of nitrogens with zero attached hydrogens (tertiary/aromatic N) is 2. The van der Waals surface area contributed by atoms with Crippen molar-refractivity contribution >= 4 is 34.8 Å². The number of aromatic nitrogens is 2. The van der Waals surface area contributed by atoms with Gasteiger partial charge in [0.05, 0.1) is 0 Å². The highest BCUT2D eigenvalue weighted by Gasteiger charge is 2.13. The maximum atomic E-state index is 12.5. The van der Waals surface area contributed by atoms with E-state index in [0.717, 1.165) is 5.56 Å². The Balaban J connectivity index is 1.86. The summed E-state index contributed by atoms with van der Waals surface area (Å²) in [6, 6.07) is 8.58. The molecule has 0 unspecified atom stereocenters. The third kappa shape index (κ3) is 3.27. The Hall–Kier alpha value is -2.37. The summed E-state index contributed by atoms with van der Waals surface area (Å²) < 4.78 is 1.36. The van der Waals surface area contributed by atoms with Crippen LogP contribution < -0.4 is 10.9 Å². The van der Waals surface area contributed by atoms with Gasteiger partial charge in [0.1, 0.15) is 11.2 Å². The standard InChI is InChI=1S/C17H13Cl2N3O2/c1-10-2-5-15-20-8-13(17(24)22(15)9-10)16(23)21-7-11-3-4-12(18)6-14(11)19/h2-6,8-9H,7H2,1H3,(H,21,23). The van der Waals surface area contributed by atoms with E-state index in [-0.39, 0.29) is 12.1 Å². The van der Waals surface area contributed by atoms with E-state index >= 15 is 0 Å². The first-order valence-corrected chi connectivity index (χ1v) is 7.91. The number of carbonyl (C=O) groups is 1. The topological polar surface area (TPSA) is 63.5 Å². The molecule has 0 saturated carbocycles. The lowest BCUT2D eigenvalue weighted by atomic mass is 10.2. The van der Waals surface area contributed by atoms with Crippen LogP contribution in [0.5, 0.6) is 0 Å². The summed E-state index contributed by atoms with van der Waals surface area (Å²) in [4.78, 5) is 28.9. The Morgan fingerprint density at radius 3 is 2.79 bits per heavy atom. The van der Waals surface area contributed by atoms with E-state index in [0.29, 0.717) is 21.3 Å². The van der Waals surface area contributed by atoms with E-state index < -0.39 is 11.5 Å². The molecule has 7 heteroatoms. The van der Waals surface area contributed by atoms with Gasteiger partial charge in [0.2, 0.25) is 0 Å². The zero-order chi connectivity index (χ0) is 17.3. The molecule has 24 heavy (non-hydrogen) atoms. The molecule has 3 aromatic rings. The summed E-state index contributed by atoms with van der Waals surface area (Å²) in [5.74, 6) is -0.505. The molecule has 122 valence electrons. The van der Waals surface area contributed by atoms with Gasteiger partial charge in [-0.3, -0.25) is 14.0 Å². The summed E-state index contributed by atoms with van der Waals surface area (Å²) >= 11 is 11.9. The number of benzene rings is 1. The van der Waals surface area contributed by atoms with E-state index in [9.17, 15) is 9.59 Å². The fraction of sp³-hybridized carbons (Fsp3) is 0.118. The van der Waals surface area contributed by atoms with Crippen molar-refractivity contribution in [2.45, 2.75) is 13.5 Å². The molecule has 1 N–H and O–H groups in total. The second kappa shape index (κ2) is 6.63. The second-order valence-corrected chi connectivity index (χ2v) is 6.17. The van der Waals surface area contributed by atoms with Gasteiger partial charge in [-0.15, -0.1) is 0 Å². The number of amides is 1. The molecular weight excluding hydrogens is 349 g/mol. The van der Waals surface area contributed by atoms with Gasteiger partial charge in [-0.25, -0.2) is 4.98 Å². The minimum atomic E-state index is -0.505. The molecule has 0 radical (unpaired) electrons. The van der Waals surface area contributed by atoms with Gasteiger partial charge in [0.25, 0.3) is 11.5 Å². The Bertz CT molecular complexity index is 999. The Kier molecular flexibility index (Phi) is 4.55. The minimum Gasteiger partial charge on any atom is -0.348 e. The lowest BCUT2D eigenvalue weighted by molar-refractivity contribution is 0.0949. The van der Waals surface area contributed by atoms with E-state index in [1.807, 2.05) is 13.0 Å². The van der Waals surface area contributed by atoms with Crippen LogP contribution in [0.4, 0.5) is 0 Å². The molecule has 1 aromatic carbocycles.